The van der Waals surface area contributed by atoms with Gasteiger partial charge >= 0.3 is 0 Å². The summed E-state index contributed by atoms with van der Waals surface area (Å²) in [5.74, 6) is 1.63. The van der Waals surface area contributed by atoms with Gasteiger partial charge in [-0.3, -0.25) is 4.90 Å². The van der Waals surface area contributed by atoms with E-state index in [1.807, 2.05) is 0 Å². The molecule has 17 heavy (non-hydrogen) atoms. The van der Waals surface area contributed by atoms with Crippen LogP contribution in [0.15, 0.2) is 0 Å². The third-order valence-corrected chi connectivity index (χ3v) is 3.78. The van der Waals surface area contributed by atoms with Crippen molar-refractivity contribution in [3.63, 3.8) is 0 Å². The van der Waals surface area contributed by atoms with Crippen LogP contribution in [0.25, 0.3) is 0 Å². The van der Waals surface area contributed by atoms with Crippen LogP contribution in [0, 0.1) is 5.92 Å². The summed E-state index contributed by atoms with van der Waals surface area (Å²) in [4.78, 5) is 2.66. The minimum Gasteiger partial charge on any atom is -0.379 e. The van der Waals surface area contributed by atoms with Crippen molar-refractivity contribution >= 4 is 12.6 Å². The van der Waals surface area contributed by atoms with Crippen LogP contribution >= 0.6 is 12.6 Å². The molecule has 1 aliphatic carbocycles. The van der Waals surface area contributed by atoms with Crippen LogP contribution in [0.3, 0.4) is 0 Å². The summed E-state index contributed by atoms with van der Waals surface area (Å²) in [6.07, 6.45) is 6.93. The summed E-state index contributed by atoms with van der Waals surface area (Å²) >= 11 is 4.16. The lowest BCUT2D eigenvalue weighted by Crippen LogP contribution is -2.37. The zero-order valence-electron chi connectivity index (χ0n) is 11.5. The fourth-order valence-electron chi connectivity index (χ4n) is 2.52. The molecule has 1 rings (SSSR count). The Morgan fingerprint density at radius 1 is 1.18 bits per heavy atom. The number of hydrogen-bond acceptors (Lipinski definition) is 3. The topological polar surface area (TPSA) is 12.5 Å². The predicted molar refractivity (Wildman–Crippen MR) is 78.0 cm³/mol. The number of ether oxygens (including phenoxy) is 1. The van der Waals surface area contributed by atoms with E-state index in [-0.39, 0.29) is 0 Å². The van der Waals surface area contributed by atoms with E-state index < -0.39 is 0 Å². The molecule has 0 radical (unpaired) electrons. The number of thiol groups is 1. The predicted octanol–water partition coefficient (Wildman–Crippen LogP) is 3.22. The average molecular weight is 259 g/mol. The van der Waals surface area contributed by atoms with E-state index >= 15 is 0 Å². The number of rotatable bonds is 9. The monoisotopic (exact) mass is 259 g/mol. The van der Waals surface area contributed by atoms with Gasteiger partial charge in [-0.1, -0.05) is 26.7 Å². The molecule has 0 aromatic carbocycles. The molecule has 0 saturated heterocycles. The first kappa shape index (κ1) is 15.3. The molecule has 0 unspecified atom stereocenters. The first-order valence-corrected chi connectivity index (χ1v) is 7.80. The Kier molecular flexibility index (Phi) is 8.33. The van der Waals surface area contributed by atoms with E-state index in [0.29, 0.717) is 0 Å². The standard InChI is InChI=1S/C14H29NOS/c1-13(2)7-8-15(9-10-16-11-12-17)14-5-3-4-6-14/h13-14,17H,3-12H2,1-2H3. The van der Waals surface area contributed by atoms with Gasteiger partial charge < -0.3 is 4.74 Å². The van der Waals surface area contributed by atoms with E-state index in [1.54, 1.807) is 0 Å². The van der Waals surface area contributed by atoms with Gasteiger partial charge in [-0.2, -0.15) is 12.6 Å². The van der Waals surface area contributed by atoms with Crippen molar-refractivity contribution < 1.29 is 4.74 Å². The highest BCUT2D eigenvalue weighted by atomic mass is 32.1. The highest BCUT2D eigenvalue weighted by Crippen LogP contribution is 2.23. The lowest BCUT2D eigenvalue weighted by molar-refractivity contribution is 0.0935. The fourth-order valence-corrected chi connectivity index (χ4v) is 2.65. The molecule has 102 valence electrons. The zero-order valence-corrected chi connectivity index (χ0v) is 12.4. The third-order valence-electron chi connectivity index (χ3n) is 3.59. The first-order valence-electron chi connectivity index (χ1n) is 7.16. The molecule has 0 bridgehead atoms. The van der Waals surface area contributed by atoms with Gasteiger partial charge in [0, 0.05) is 18.3 Å². The summed E-state index contributed by atoms with van der Waals surface area (Å²) in [6.45, 7) is 8.62. The van der Waals surface area contributed by atoms with Crippen LogP contribution < -0.4 is 0 Å². The van der Waals surface area contributed by atoms with Gasteiger partial charge in [0.15, 0.2) is 0 Å². The molecule has 1 fully saturated rings. The molecule has 1 aliphatic rings. The molecule has 3 heteroatoms. The lowest BCUT2D eigenvalue weighted by Gasteiger charge is -2.29. The summed E-state index contributed by atoms with van der Waals surface area (Å²) in [7, 11) is 0. The minimum atomic E-state index is 0.784. The van der Waals surface area contributed by atoms with Gasteiger partial charge in [0.1, 0.15) is 0 Å². The Hall–Kier alpha value is 0.270. The molecule has 0 atom stereocenters. The van der Waals surface area contributed by atoms with Crippen LogP contribution in [0.2, 0.25) is 0 Å². The van der Waals surface area contributed by atoms with Gasteiger partial charge in [0.25, 0.3) is 0 Å². The van der Waals surface area contributed by atoms with E-state index in [4.69, 9.17) is 4.74 Å². The maximum Gasteiger partial charge on any atom is 0.0593 e. The van der Waals surface area contributed by atoms with E-state index in [9.17, 15) is 0 Å². The third kappa shape index (κ3) is 6.68. The van der Waals surface area contributed by atoms with E-state index in [0.717, 1.165) is 37.5 Å². The van der Waals surface area contributed by atoms with Crippen LogP contribution in [-0.4, -0.2) is 43.0 Å². The highest BCUT2D eigenvalue weighted by molar-refractivity contribution is 7.80. The minimum absolute atomic E-state index is 0.784. The number of nitrogens with zero attached hydrogens (tertiary/aromatic N) is 1. The van der Waals surface area contributed by atoms with Gasteiger partial charge in [0.05, 0.1) is 13.2 Å². The van der Waals surface area contributed by atoms with Gasteiger partial charge in [-0.15, -0.1) is 0 Å². The van der Waals surface area contributed by atoms with Gasteiger partial charge in [-0.05, 0) is 31.7 Å². The lowest BCUT2D eigenvalue weighted by atomic mass is 10.1. The largest absolute Gasteiger partial charge is 0.379 e. The normalized spacial score (nSPS) is 17.5. The first-order chi connectivity index (χ1) is 8.24. The molecular formula is C14H29NOS. The van der Waals surface area contributed by atoms with Crippen LogP contribution in [-0.2, 0) is 4.74 Å². The van der Waals surface area contributed by atoms with Crippen LogP contribution in [0.1, 0.15) is 46.0 Å². The quantitative estimate of drug-likeness (QED) is 0.504. The highest BCUT2D eigenvalue weighted by Gasteiger charge is 2.21. The number of hydrogen-bond donors (Lipinski definition) is 1. The van der Waals surface area contributed by atoms with E-state index in [2.05, 4.69) is 31.4 Å². The Morgan fingerprint density at radius 3 is 2.47 bits per heavy atom. The smallest absolute Gasteiger partial charge is 0.0593 e. The molecule has 2 nitrogen and oxygen atoms in total. The Balaban J connectivity index is 2.24. The second kappa shape index (κ2) is 9.23. The molecule has 0 aromatic rings. The summed E-state index contributed by atoms with van der Waals surface area (Å²) < 4.78 is 5.56. The summed E-state index contributed by atoms with van der Waals surface area (Å²) in [6, 6.07) is 0.827. The van der Waals surface area contributed by atoms with E-state index in [1.165, 1.54) is 38.6 Å². The molecule has 0 amide bonds. The molecular weight excluding hydrogens is 230 g/mol. The second-order valence-corrected chi connectivity index (χ2v) is 5.94. The van der Waals surface area contributed by atoms with Gasteiger partial charge in [-0.25, -0.2) is 0 Å². The molecule has 1 saturated carbocycles. The molecule has 0 aromatic heterocycles. The Labute approximate surface area is 113 Å². The van der Waals surface area contributed by atoms with Crippen molar-refractivity contribution in [2.24, 2.45) is 5.92 Å². The SMILES string of the molecule is CC(C)CCN(CCOCCS)C1CCCC1. The van der Waals surface area contributed by atoms with Crippen molar-refractivity contribution in [3.05, 3.63) is 0 Å². The van der Waals surface area contributed by atoms with Crippen LogP contribution in [0.5, 0.6) is 0 Å². The summed E-state index contributed by atoms with van der Waals surface area (Å²) in [5, 5.41) is 0. The van der Waals surface area contributed by atoms with Crippen molar-refractivity contribution in [2.75, 3.05) is 32.1 Å². The van der Waals surface area contributed by atoms with Gasteiger partial charge in [0.2, 0.25) is 0 Å². The molecule has 0 N–H and O–H groups in total. The Bertz CT molecular complexity index is 181. The summed E-state index contributed by atoms with van der Waals surface area (Å²) in [5.41, 5.74) is 0. The molecule has 0 spiro atoms. The maximum absolute atomic E-state index is 5.56. The molecule has 0 heterocycles. The second-order valence-electron chi connectivity index (χ2n) is 5.49. The fraction of sp³-hybridized carbons (Fsp3) is 1.00. The Morgan fingerprint density at radius 2 is 1.88 bits per heavy atom. The van der Waals surface area contributed by atoms with Crippen LogP contribution in [0.4, 0.5) is 0 Å². The average Bonchev–Trinajstić information content (AvgIpc) is 2.81. The van der Waals surface area contributed by atoms with Crippen molar-refractivity contribution in [2.45, 2.75) is 52.0 Å². The van der Waals surface area contributed by atoms with Crippen molar-refractivity contribution in [1.29, 1.82) is 0 Å². The zero-order chi connectivity index (χ0) is 12.5. The van der Waals surface area contributed by atoms with Crippen molar-refractivity contribution in [1.82, 2.24) is 4.90 Å². The maximum atomic E-state index is 5.56. The van der Waals surface area contributed by atoms with Crippen molar-refractivity contribution in [3.8, 4) is 0 Å². The molecule has 0 aliphatic heterocycles.